The molecule has 0 atom stereocenters. The van der Waals surface area contributed by atoms with Gasteiger partial charge in [-0.2, -0.15) is 0 Å². The molecular weight excluding hydrogens is 238 g/mol. The Kier molecular flexibility index (Phi) is 3.74. The van der Waals surface area contributed by atoms with E-state index in [2.05, 4.69) is 12.2 Å². The van der Waals surface area contributed by atoms with Gasteiger partial charge in [0, 0.05) is 17.0 Å². The fourth-order valence-corrected chi connectivity index (χ4v) is 2.08. The molecule has 0 saturated carbocycles. The van der Waals surface area contributed by atoms with Crippen LogP contribution in [0.4, 0.5) is 0 Å². The molecule has 0 unspecified atom stereocenters. The molecule has 2 rings (SSSR count). The highest BCUT2D eigenvalue weighted by Gasteiger charge is 2.11. The minimum atomic E-state index is -0.160. The number of aryl methyl sites for hydroxylation is 1. The Hall–Kier alpha value is -2.03. The molecule has 0 heterocycles. The molecule has 2 N–H and O–H groups in total. The van der Waals surface area contributed by atoms with Crippen molar-refractivity contribution in [2.45, 2.75) is 33.2 Å². The Morgan fingerprint density at radius 3 is 2.63 bits per heavy atom. The summed E-state index contributed by atoms with van der Waals surface area (Å²) < 4.78 is 0. The van der Waals surface area contributed by atoms with Crippen molar-refractivity contribution in [2.24, 2.45) is 0 Å². The second-order valence-corrected chi connectivity index (χ2v) is 5.03. The summed E-state index contributed by atoms with van der Waals surface area (Å²) in [5, 5.41) is 14.6. The van der Waals surface area contributed by atoms with Crippen molar-refractivity contribution < 1.29 is 9.90 Å². The van der Waals surface area contributed by atoms with E-state index in [9.17, 15) is 9.90 Å². The van der Waals surface area contributed by atoms with Crippen molar-refractivity contribution in [1.29, 1.82) is 0 Å². The number of rotatable bonds is 3. The van der Waals surface area contributed by atoms with Crippen molar-refractivity contribution in [2.75, 3.05) is 0 Å². The van der Waals surface area contributed by atoms with Crippen LogP contribution in [0.3, 0.4) is 0 Å². The third kappa shape index (κ3) is 2.87. The zero-order valence-electron chi connectivity index (χ0n) is 11.5. The summed E-state index contributed by atoms with van der Waals surface area (Å²) in [6.45, 7) is 5.89. The van der Waals surface area contributed by atoms with Crippen molar-refractivity contribution in [3.8, 4) is 5.75 Å². The lowest BCUT2D eigenvalue weighted by Crippen LogP contribution is -2.29. The summed E-state index contributed by atoms with van der Waals surface area (Å²) in [7, 11) is 0. The first-order valence-corrected chi connectivity index (χ1v) is 6.57. The number of fused-ring (bicyclic) bond motifs is 1. The maximum Gasteiger partial charge on any atom is 0.251 e. The van der Waals surface area contributed by atoms with Gasteiger partial charge in [-0.25, -0.2) is 0 Å². The fraction of sp³-hybridized carbons (Fsp3) is 0.312. The van der Waals surface area contributed by atoms with E-state index in [0.29, 0.717) is 5.56 Å². The van der Waals surface area contributed by atoms with Crippen LogP contribution in [-0.4, -0.2) is 17.1 Å². The maximum absolute atomic E-state index is 12.0. The normalized spacial score (nSPS) is 10.9. The Morgan fingerprint density at radius 2 is 2.00 bits per heavy atom. The number of hydrogen-bond donors (Lipinski definition) is 2. The van der Waals surface area contributed by atoms with Gasteiger partial charge in [0.1, 0.15) is 5.75 Å². The summed E-state index contributed by atoms with van der Waals surface area (Å²) in [5.41, 5.74) is 1.66. The van der Waals surface area contributed by atoms with Crippen molar-refractivity contribution >= 4 is 16.7 Å². The Morgan fingerprint density at radius 1 is 1.26 bits per heavy atom. The fourth-order valence-electron chi connectivity index (χ4n) is 2.08. The Labute approximate surface area is 113 Å². The molecule has 0 radical (unpaired) electrons. The number of carbonyl (C=O) groups excluding carboxylic acids is 1. The molecule has 2 aromatic carbocycles. The molecule has 0 aliphatic carbocycles. The molecule has 100 valence electrons. The standard InChI is InChI=1S/C16H19NO2/c1-4-11-5-6-12-8-13(16(19)17-10(2)3)9-15(18)14(12)7-11/h5-10,18H,4H2,1-3H3,(H,17,19). The van der Waals surface area contributed by atoms with E-state index in [-0.39, 0.29) is 17.7 Å². The van der Waals surface area contributed by atoms with Crippen molar-refractivity contribution in [3.63, 3.8) is 0 Å². The predicted octanol–water partition coefficient (Wildman–Crippen LogP) is 3.25. The highest BCUT2D eigenvalue weighted by Crippen LogP contribution is 2.27. The number of nitrogens with one attached hydrogen (secondary N) is 1. The monoisotopic (exact) mass is 257 g/mol. The molecule has 0 aliphatic rings. The first-order chi connectivity index (χ1) is 9.01. The van der Waals surface area contributed by atoms with E-state index in [0.717, 1.165) is 17.2 Å². The zero-order valence-corrected chi connectivity index (χ0v) is 11.5. The second-order valence-electron chi connectivity index (χ2n) is 5.03. The summed E-state index contributed by atoms with van der Waals surface area (Å²) >= 11 is 0. The van der Waals surface area contributed by atoms with E-state index >= 15 is 0 Å². The maximum atomic E-state index is 12.0. The molecule has 2 aromatic rings. The van der Waals surface area contributed by atoms with Gasteiger partial charge < -0.3 is 10.4 Å². The van der Waals surface area contributed by atoms with Crippen LogP contribution in [-0.2, 0) is 6.42 Å². The molecule has 0 spiro atoms. The average molecular weight is 257 g/mol. The molecule has 3 nitrogen and oxygen atoms in total. The van der Waals surface area contributed by atoms with Crippen LogP contribution in [0.25, 0.3) is 10.8 Å². The molecule has 0 bridgehead atoms. The van der Waals surface area contributed by atoms with E-state index in [1.54, 1.807) is 0 Å². The van der Waals surface area contributed by atoms with Gasteiger partial charge in [-0.3, -0.25) is 4.79 Å². The first-order valence-electron chi connectivity index (χ1n) is 6.57. The molecule has 0 saturated heterocycles. The average Bonchev–Trinajstić information content (AvgIpc) is 2.37. The third-order valence-electron chi connectivity index (χ3n) is 3.09. The number of phenols is 1. The van der Waals surface area contributed by atoms with Gasteiger partial charge in [0.05, 0.1) is 0 Å². The van der Waals surface area contributed by atoms with Crippen LogP contribution in [0, 0.1) is 0 Å². The van der Waals surface area contributed by atoms with Crippen LogP contribution in [0.2, 0.25) is 0 Å². The highest BCUT2D eigenvalue weighted by molar-refractivity contribution is 6.01. The van der Waals surface area contributed by atoms with Crippen LogP contribution >= 0.6 is 0 Å². The Balaban J connectivity index is 2.47. The van der Waals surface area contributed by atoms with E-state index in [4.69, 9.17) is 0 Å². The number of carbonyl (C=O) groups is 1. The molecular formula is C16H19NO2. The first kappa shape index (κ1) is 13.4. The summed E-state index contributed by atoms with van der Waals surface area (Å²) in [4.78, 5) is 12.0. The number of hydrogen-bond acceptors (Lipinski definition) is 2. The largest absolute Gasteiger partial charge is 0.507 e. The van der Waals surface area contributed by atoms with Gasteiger partial charge in [-0.05, 0) is 49.4 Å². The van der Waals surface area contributed by atoms with Gasteiger partial charge in [0.2, 0.25) is 0 Å². The molecule has 19 heavy (non-hydrogen) atoms. The number of benzene rings is 2. The summed E-state index contributed by atoms with van der Waals surface area (Å²) in [5.74, 6) is -0.00604. The van der Waals surface area contributed by atoms with Gasteiger partial charge in [0.25, 0.3) is 5.91 Å². The van der Waals surface area contributed by atoms with Gasteiger partial charge in [-0.1, -0.05) is 19.1 Å². The van der Waals surface area contributed by atoms with Crippen LogP contribution < -0.4 is 5.32 Å². The van der Waals surface area contributed by atoms with Crippen LogP contribution in [0.5, 0.6) is 5.75 Å². The van der Waals surface area contributed by atoms with E-state index in [1.165, 1.54) is 11.6 Å². The minimum absolute atomic E-state index is 0.0767. The lowest BCUT2D eigenvalue weighted by atomic mass is 10.0. The molecule has 0 fully saturated rings. The topological polar surface area (TPSA) is 49.3 Å². The summed E-state index contributed by atoms with van der Waals surface area (Å²) in [6, 6.07) is 9.35. The molecule has 3 heteroatoms. The lowest BCUT2D eigenvalue weighted by molar-refractivity contribution is 0.0943. The van der Waals surface area contributed by atoms with Gasteiger partial charge in [0.15, 0.2) is 0 Å². The molecule has 0 aliphatic heterocycles. The van der Waals surface area contributed by atoms with E-state index in [1.807, 2.05) is 38.1 Å². The molecule has 0 aromatic heterocycles. The predicted molar refractivity (Wildman–Crippen MR) is 77.6 cm³/mol. The zero-order chi connectivity index (χ0) is 14.0. The Bertz CT molecular complexity index is 617. The minimum Gasteiger partial charge on any atom is -0.507 e. The van der Waals surface area contributed by atoms with Crippen LogP contribution in [0.1, 0.15) is 36.7 Å². The van der Waals surface area contributed by atoms with Gasteiger partial charge >= 0.3 is 0 Å². The second kappa shape index (κ2) is 5.31. The van der Waals surface area contributed by atoms with Crippen molar-refractivity contribution in [3.05, 3.63) is 41.5 Å². The van der Waals surface area contributed by atoms with Crippen molar-refractivity contribution in [1.82, 2.24) is 5.32 Å². The number of amides is 1. The number of aromatic hydroxyl groups is 1. The lowest BCUT2D eigenvalue weighted by Gasteiger charge is -2.10. The highest BCUT2D eigenvalue weighted by atomic mass is 16.3. The smallest absolute Gasteiger partial charge is 0.251 e. The number of phenolic OH excluding ortho intramolecular Hbond substituents is 1. The van der Waals surface area contributed by atoms with Crippen LogP contribution in [0.15, 0.2) is 30.3 Å². The van der Waals surface area contributed by atoms with Gasteiger partial charge in [-0.15, -0.1) is 0 Å². The van der Waals surface area contributed by atoms with E-state index < -0.39 is 0 Å². The quantitative estimate of drug-likeness (QED) is 0.886. The molecule has 1 amide bonds. The SMILES string of the molecule is CCc1ccc2cc(C(=O)NC(C)C)cc(O)c2c1. The summed E-state index contributed by atoms with van der Waals surface area (Å²) in [6.07, 6.45) is 0.922. The third-order valence-corrected chi connectivity index (χ3v) is 3.09.